The van der Waals surface area contributed by atoms with E-state index < -0.39 is 0 Å². The average molecular weight is 573 g/mol. The summed E-state index contributed by atoms with van der Waals surface area (Å²) in [6.07, 6.45) is 4.10. The zero-order chi connectivity index (χ0) is 19.6. The molecule has 0 spiro atoms. The normalized spacial score (nSPS) is 11.4. The Kier molecular flexibility index (Phi) is 5.65. The summed E-state index contributed by atoms with van der Waals surface area (Å²) in [4.78, 5) is 12.1. The molecular weight excluding hydrogens is 559 g/mol. The van der Waals surface area contributed by atoms with Crippen LogP contribution in [-0.2, 0) is 34.0 Å². The molecule has 148 valence electrons. The van der Waals surface area contributed by atoms with Crippen LogP contribution in [-0.4, -0.2) is 14.5 Å². The average Bonchev–Trinajstić information content (AvgIpc) is 3.18. The van der Waals surface area contributed by atoms with Crippen molar-refractivity contribution in [3.8, 4) is 34.5 Å². The van der Waals surface area contributed by atoms with Gasteiger partial charge in [0.2, 0.25) is 11.7 Å². The molecule has 6 nitrogen and oxygen atoms in total. The van der Waals surface area contributed by atoms with Crippen molar-refractivity contribution in [1.82, 2.24) is 14.5 Å². The van der Waals surface area contributed by atoms with Crippen LogP contribution in [0.25, 0.3) is 16.2 Å². The quantitative estimate of drug-likeness (QED) is 0.314. The summed E-state index contributed by atoms with van der Waals surface area (Å²) in [6.45, 7) is 8.03. The van der Waals surface area contributed by atoms with Crippen LogP contribution in [0.1, 0.15) is 5.56 Å². The van der Waals surface area contributed by atoms with E-state index in [2.05, 4.69) is 26.9 Å². The summed E-state index contributed by atoms with van der Waals surface area (Å²) in [7, 11) is 0. The fourth-order valence-electron chi connectivity index (χ4n) is 3.27. The summed E-state index contributed by atoms with van der Waals surface area (Å²) in [5.41, 5.74) is 2.01. The van der Waals surface area contributed by atoms with Crippen LogP contribution in [0.5, 0.6) is 23.1 Å². The van der Waals surface area contributed by atoms with Gasteiger partial charge in [-0.3, -0.25) is 4.98 Å². The van der Waals surface area contributed by atoms with E-state index in [9.17, 15) is 0 Å². The third-order valence-corrected chi connectivity index (χ3v) is 4.60. The molecule has 2 aromatic carbocycles. The Labute approximate surface area is 188 Å². The van der Waals surface area contributed by atoms with Gasteiger partial charge >= 0.3 is 21.1 Å². The third-order valence-electron chi connectivity index (χ3n) is 4.60. The van der Waals surface area contributed by atoms with Crippen molar-refractivity contribution in [3.63, 3.8) is 0 Å². The van der Waals surface area contributed by atoms with Crippen molar-refractivity contribution < 1.29 is 30.5 Å². The topological polar surface area (TPSA) is 53.5 Å². The minimum Gasteiger partial charge on any atom is -0.503 e. The van der Waals surface area contributed by atoms with Gasteiger partial charge in [0.1, 0.15) is 5.82 Å². The van der Waals surface area contributed by atoms with Crippen LogP contribution in [0, 0.1) is 18.7 Å². The molecule has 30 heavy (non-hydrogen) atoms. The summed E-state index contributed by atoms with van der Waals surface area (Å²) in [5, 5.41) is 0. The molecule has 0 radical (unpaired) electrons. The van der Waals surface area contributed by atoms with E-state index in [-0.39, 0.29) is 21.1 Å². The first-order chi connectivity index (χ1) is 14.3. The first-order valence-corrected chi connectivity index (χ1v) is 9.08. The van der Waals surface area contributed by atoms with Crippen LogP contribution >= 0.6 is 0 Å². The standard InChI is InChI=1S/C23H14N4O2.Pt/c1-24-21-15-26-23-20-14-19(9-8-16(20)10-12-27(21)23)28-17-5-4-6-18(13-17)29-22-7-2-3-11-25-22;/h2-9,11,15H,10,12H2;/q-2;+2. The Morgan fingerprint density at radius 2 is 1.77 bits per heavy atom. The zero-order valence-corrected chi connectivity index (χ0v) is 17.9. The minimum atomic E-state index is 0. The maximum atomic E-state index is 7.28. The Morgan fingerprint density at radius 1 is 0.933 bits per heavy atom. The predicted molar refractivity (Wildman–Crippen MR) is 106 cm³/mol. The second-order valence-corrected chi connectivity index (χ2v) is 6.43. The Balaban J connectivity index is 0.00000218. The number of ether oxygens (including phenoxy) is 2. The van der Waals surface area contributed by atoms with Gasteiger partial charge in [-0.2, -0.15) is 6.07 Å². The molecule has 1 aliphatic rings. The van der Waals surface area contributed by atoms with Gasteiger partial charge in [-0.25, -0.2) is 4.98 Å². The Bertz CT molecular complexity index is 1230. The monoisotopic (exact) mass is 573 g/mol. The number of imidazole rings is 1. The number of pyridine rings is 1. The molecule has 4 aromatic rings. The van der Waals surface area contributed by atoms with E-state index in [0.29, 0.717) is 28.9 Å². The van der Waals surface area contributed by atoms with Crippen molar-refractivity contribution in [2.45, 2.75) is 13.0 Å². The molecule has 0 aliphatic carbocycles. The van der Waals surface area contributed by atoms with Gasteiger partial charge in [-0.05, 0) is 12.5 Å². The molecule has 2 aromatic heterocycles. The summed E-state index contributed by atoms with van der Waals surface area (Å²) in [6, 6.07) is 21.2. The maximum Gasteiger partial charge on any atom is 2.00 e. The van der Waals surface area contributed by atoms with E-state index in [1.165, 1.54) is 0 Å². The number of benzene rings is 2. The molecule has 5 rings (SSSR count). The SMILES string of the molecule is [C-]#[N+]c1cnc2n1CCc1ccc(Oc3[c-]c(Oc4ccccn4)ccc3)[c-]c1-2.[Pt+2]. The van der Waals surface area contributed by atoms with Gasteiger partial charge in [0.25, 0.3) is 0 Å². The number of aryl methyl sites for hydroxylation is 1. The Hall–Kier alpha value is -3.42. The van der Waals surface area contributed by atoms with E-state index in [1.54, 1.807) is 30.6 Å². The number of hydrogen-bond donors (Lipinski definition) is 0. The molecule has 0 amide bonds. The van der Waals surface area contributed by atoms with Gasteiger partial charge in [0.15, 0.2) is 0 Å². The summed E-state index contributed by atoms with van der Waals surface area (Å²) < 4.78 is 13.6. The van der Waals surface area contributed by atoms with Crippen molar-refractivity contribution >= 4 is 5.82 Å². The molecule has 1 aliphatic heterocycles. The van der Waals surface area contributed by atoms with E-state index >= 15 is 0 Å². The minimum absolute atomic E-state index is 0. The molecule has 0 bridgehead atoms. The summed E-state index contributed by atoms with van der Waals surface area (Å²) in [5.74, 6) is 3.35. The van der Waals surface area contributed by atoms with E-state index in [0.717, 1.165) is 29.9 Å². The van der Waals surface area contributed by atoms with Gasteiger partial charge in [0, 0.05) is 35.7 Å². The number of hydrogen-bond acceptors (Lipinski definition) is 4. The van der Waals surface area contributed by atoms with Gasteiger partial charge in [-0.15, -0.1) is 29.8 Å². The van der Waals surface area contributed by atoms with Crippen molar-refractivity contribution in [1.29, 1.82) is 0 Å². The van der Waals surface area contributed by atoms with Gasteiger partial charge < -0.3 is 18.9 Å². The molecule has 0 unspecified atom stereocenters. The van der Waals surface area contributed by atoms with Gasteiger partial charge in [-0.1, -0.05) is 30.3 Å². The van der Waals surface area contributed by atoms with Crippen molar-refractivity contribution in [2.24, 2.45) is 0 Å². The molecule has 0 saturated carbocycles. The maximum absolute atomic E-state index is 7.28. The number of nitrogens with zero attached hydrogens (tertiary/aromatic N) is 4. The van der Waals surface area contributed by atoms with Crippen LogP contribution in [0.3, 0.4) is 0 Å². The largest absolute Gasteiger partial charge is 2.00 e. The fourth-order valence-corrected chi connectivity index (χ4v) is 3.27. The Morgan fingerprint density at radius 3 is 2.57 bits per heavy atom. The van der Waals surface area contributed by atoms with Crippen molar-refractivity contribution in [2.75, 3.05) is 0 Å². The second kappa shape index (κ2) is 8.52. The molecule has 3 heterocycles. The van der Waals surface area contributed by atoms with Gasteiger partial charge in [0.05, 0.1) is 6.54 Å². The van der Waals surface area contributed by atoms with Crippen LogP contribution < -0.4 is 9.47 Å². The molecule has 0 fully saturated rings. The molecule has 0 saturated heterocycles. The number of rotatable bonds is 4. The number of fused-ring (bicyclic) bond motifs is 3. The van der Waals surface area contributed by atoms with Crippen molar-refractivity contribution in [3.05, 3.63) is 90.0 Å². The first-order valence-electron chi connectivity index (χ1n) is 9.08. The fraction of sp³-hybridized carbons (Fsp3) is 0.0870. The van der Waals surface area contributed by atoms with Crippen LogP contribution in [0.2, 0.25) is 0 Å². The molecule has 0 N–H and O–H groups in total. The molecular formula is C23H14N4O2Pt. The zero-order valence-electron chi connectivity index (χ0n) is 15.6. The smallest absolute Gasteiger partial charge is 0.503 e. The third kappa shape index (κ3) is 3.85. The number of aromatic nitrogens is 3. The molecule has 0 atom stereocenters. The summed E-state index contributed by atoms with van der Waals surface area (Å²) >= 11 is 0. The second-order valence-electron chi connectivity index (χ2n) is 6.43. The van der Waals surface area contributed by atoms with Crippen LogP contribution in [0.15, 0.2) is 60.9 Å². The molecule has 7 heteroatoms. The predicted octanol–water partition coefficient (Wildman–Crippen LogP) is 5.23. The van der Waals surface area contributed by atoms with Crippen LogP contribution in [0.4, 0.5) is 5.82 Å². The van der Waals surface area contributed by atoms with E-state index in [1.807, 2.05) is 34.9 Å². The first kappa shape index (κ1) is 19.9. The van der Waals surface area contributed by atoms with E-state index in [4.69, 9.17) is 16.0 Å².